The minimum absolute atomic E-state index is 0.186. The molecule has 128 valence electrons. The van der Waals surface area contributed by atoms with E-state index >= 15 is 0 Å². The van der Waals surface area contributed by atoms with Gasteiger partial charge in [0, 0.05) is 12.6 Å². The third kappa shape index (κ3) is 5.39. The Morgan fingerprint density at radius 1 is 1.25 bits per heavy atom. The van der Waals surface area contributed by atoms with E-state index in [1.54, 1.807) is 18.2 Å². The van der Waals surface area contributed by atoms with Gasteiger partial charge in [-0.05, 0) is 24.5 Å². The number of methoxy groups -OCH3 is 1. The van der Waals surface area contributed by atoms with Crippen molar-refractivity contribution in [2.24, 2.45) is 0 Å². The zero-order valence-electron chi connectivity index (χ0n) is 13.3. The summed E-state index contributed by atoms with van der Waals surface area (Å²) in [5, 5.41) is 13.4. The fourth-order valence-corrected chi connectivity index (χ4v) is 3.98. The Morgan fingerprint density at radius 2 is 2.00 bits per heavy atom. The number of hydrogen-bond donors (Lipinski definition) is 2. The third-order valence-corrected chi connectivity index (χ3v) is 5.72. The van der Waals surface area contributed by atoms with Crippen LogP contribution in [0.25, 0.3) is 0 Å². The Labute approximate surface area is 152 Å². The lowest BCUT2D eigenvalue weighted by atomic mass is 10.2. The van der Waals surface area contributed by atoms with Crippen LogP contribution in [0.1, 0.15) is 6.92 Å². The zero-order valence-corrected chi connectivity index (χ0v) is 15.7. The molecule has 1 aromatic carbocycles. The third-order valence-electron chi connectivity index (χ3n) is 2.68. The molecule has 0 saturated carbocycles. The number of aromatic nitrogens is 2. The summed E-state index contributed by atoms with van der Waals surface area (Å²) in [7, 11) is 1.52. The second kappa shape index (κ2) is 8.90. The van der Waals surface area contributed by atoms with Crippen LogP contribution in [0.3, 0.4) is 0 Å². The molecule has 2 amide bonds. The van der Waals surface area contributed by atoms with Crippen molar-refractivity contribution in [3.63, 3.8) is 0 Å². The van der Waals surface area contributed by atoms with Gasteiger partial charge in [-0.25, -0.2) is 0 Å². The molecule has 0 bridgehead atoms. The Hall–Kier alpha value is -1.78. The van der Waals surface area contributed by atoms with E-state index in [1.807, 2.05) is 6.26 Å². The monoisotopic (exact) mass is 384 g/mol. The molecule has 2 N–H and O–H groups in total. The molecule has 2 rings (SSSR count). The highest BCUT2D eigenvalue weighted by Crippen LogP contribution is 2.30. The van der Waals surface area contributed by atoms with Crippen LogP contribution < -0.4 is 15.4 Å². The van der Waals surface area contributed by atoms with Gasteiger partial charge in [0.05, 0.1) is 18.6 Å². The number of anilines is 2. The Morgan fingerprint density at radius 3 is 2.62 bits per heavy atom. The predicted molar refractivity (Wildman–Crippen MR) is 98.3 cm³/mol. The van der Waals surface area contributed by atoms with Crippen molar-refractivity contribution in [2.45, 2.75) is 15.6 Å². The van der Waals surface area contributed by atoms with Gasteiger partial charge in [-0.2, -0.15) is 0 Å². The molecule has 24 heavy (non-hydrogen) atoms. The van der Waals surface area contributed by atoms with Crippen molar-refractivity contribution < 1.29 is 14.3 Å². The highest BCUT2D eigenvalue weighted by atomic mass is 32.2. The average Bonchev–Trinajstić information content (AvgIpc) is 3.01. The predicted octanol–water partition coefficient (Wildman–Crippen LogP) is 2.96. The van der Waals surface area contributed by atoms with Crippen molar-refractivity contribution in [1.82, 2.24) is 10.2 Å². The van der Waals surface area contributed by atoms with E-state index in [9.17, 15) is 9.59 Å². The Kier molecular flexibility index (Phi) is 6.88. The average molecular weight is 385 g/mol. The second-order valence-corrected chi connectivity index (χ2v) is 7.72. The van der Waals surface area contributed by atoms with Crippen LogP contribution >= 0.6 is 34.9 Å². The molecule has 0 radical (unpaired) electrons. The maximum atomic E-state index is 12.1. The first kappa shape index (κ1) is 18.6. The largest absolute Gasteiger partial charge is 0.495 e. The summed E-state index contributed by atoms with van der Waals surface area (Å²) in [6.45, 7) is 1.42. The van der Waals surface area contributed by atoms with Gasteiger partial charge < -0.3 is 15.4 Å². The lowest BCUT2D eigenvalue weighted by Gasteiger charge is -2.12. The zero-order chi connectivity index (χ0) is 17.5. The number of hydrogen-bond acceptors (Lipinski definition) is 8. The van der Waals surface area contributed by atoms with Crippen LogP contribution in [0.5, 0.6) is 5.75 Å². The maximum absolute atomic E-state index is 12.1. The number of benzene rings is 1. The van der Waals surface area contributed by atoms with Crippen LogP contribution in [-0.4, -0.2) is 41.1 Å². The number of amides is 2. The summed E-state index contributed by atoms with van der Waals surface area (Å²) in [6, 6.07) is 5.04. The second-order valence-electron chi connectivity index (χ2n) is 4.47. The number of ether oxygens (including phenoxy) is 1. The van der Waals surface area contributed by atoms with E-state index in [4.69, 9.17) is 4.74 Å². The maximum Gasteiger partial charge on any atom is 0.234 e. The SMILES string of the molecule is COc1ccc(NC(C)=O)cc1NC(=O)CSc1nnc(SC)s1. The fraction of sp³-hybridized carbons (Fsp3) is 0.286. The molecule has 0 fully saturated rings. The minimum atomic E-state index is -0.195. The van der Waals surface area contributed by atoms with Crippen molar-refractivity contribution in [1.29, 1.82) is 0 Å². The molecule has 1 heterocycles. The summed E-state index contributed by atoms with van der Waals surface area (Å²) in [6.07, 6.45) is 1.93. The Balaban J connectivity index is 2.00. The first-order valence-electron chi connectivity index (χ1n) is 6.77. The van der Waals surface area contributed by atoms with Gasteiger partial charge in [-0.3, -0.25) is 9.59 Å². The highest BCUT2D eigenvalue weighted by molar-refractivity contribution is 8.03. The molecule has 2 aromatic rings. The summed E-state index contributed by atoms with van der Waals surface area (Å²) in [5.74, 6) is 0.340. The van der Waals surface area contributed by atoms with Gasteiger partial charge in [-0.15, -0.1) is 10.2 Å². The minimum Gasteiger partial charge on any atom is -0.495 e. The molecule has 0 aliphatic heterocycles. The van der Waals surface area contributed by atoms with Gasteiger partial charge in [0.2, 0.25) is 11.8 Å². The number of nitrogens with one attached hydrogen (secondary N) is 2. The molecule has 1 aromatic heterocycles. The van der Waals surface area contributed by atoms with Crippen LogP contribution in [0.15, 0.2) is 26.9 Å². The van der Waals surface area contributed by atoms with E-state index < -0.39 is 0 Å². The van der Waals surface area contributed by atoms with E-state index in [0.717, 1.165) is 8.68 Å². The number of rotatable bonds is 7. The molecular weight excluding hydrogens is 368 g/mol. The van der Waals surface area contributed by atoms with Crippen LogP contribution in [0.4, 0.5) is 11.4 Å². The normalized spacial score (nSPS) is 10.3. The molecule has 0 spiro atoms. The molecule has 0 aliphatic rings. The van der Waals surface area contributed by atoms with Crippen molar-refractivity contribution in [3.8, 4) is 5.75 Å². The van der Waals surface area contributed by atoms with Gasteiger partial charge in [0.25, 0.3) is 0 Å². The molecule has 10 heteroatoms. The van der Waals surface area contributed by atoms with Gasteiger partial charge in [0.15, 0.2) is 8.68 Å². The number of thioether (sulfide) groups is 2. The number of carbonyl (C=O) groups excluding carboxylic acids is 2. The van der Waals surface area contributed by atoms with Crippen LogP contribution in [0.2, 0.25) is 0 Å². The molecule has 0 unspecified atom stereocenters. The smallest absolute Gasteiger partial charge is 0.234 e. The molecule has 0 atom stereocenters. The number of nitrogens with zero attached hydrogens (tertiary/aromatic N) is 2. The first-order valence-corrected chi connectivity index (χ1v) is 9.80. The van der Waals surface area contributed by atoms with Crippen molar-refractivity contribution in [3.05, 3.63) is 18.2 Å². The topological polar surface area (TPSA) is 93.2 Å². The standard InChI is InChI=1S/C14H16N4O3S3/c1-8(19)15-9-4-5-11(21-2)10(6-9)16-12(20)7-23-14-18-17-13(22-3)24-14/h4-6H,7H2,1-3H3,(H,15,19)(H,16,20). The summed E-state index contributed by atoms with van der Waals surface area (Å²) >= 11 is 4.29. The van der Waals surface area contributed by atoms with E-state index in [-0.39, 0.29) is 17.6 Å². The lowest BCUT2D eigenvalue weighted by molar-refractivity contribution is -0.114. The quantitative estimate of drug-likeness (QED) is 0.709. The highest BCUT2D eigenvalue weighted by Gasteiger charge is 2.11. The van der Waals surface area contributed by atoms with E-state index in [0.29, 0.717) is 17.1 Å². The molecular formula is C14H16N4O3S3. The summed E-state index contributed by atoms with van der Waals surface area (Å²) in [4.78, 5) is 23.3. The van der Waals surface area contributed by atoms with Gasteiger partial charge >= 0.3 is 0 Å². The van der Waals surface area contributed by atoms with E-state index in [2.05, 4.69) is 20.8 Å². The Bertz CT molecular complexity index is 736. The van der Waals surface area contributed by atoms with Crippen molar-refractivity contribution in [2.75, 3.05) is 29.8 Å². The molecule has 0 saturated heterocycles. The fourth-order valence-electron chi connectivity index (χ4n) is 1.74. The van der Waals surface area contributed by atoms with Crippen LogP contribution in [0, 0.1) is 0 Å². The lowest BCUT2D eigenvalue weighted by Crippen LogP contribution is -2.15. The molecule has 7 nitrogen and oxygen atoms in total. The van der Waals surface area contributed by atoms with Crippen molar-refractivity contribution >= 4 is 58.0 Å². The van der Waals surface area contributed by atoms with E-state index in [1.165, 1.54) is 48.9 Å². The molecule has 0 aliphatic carbocycles. The first-order chi connectivity index (χ1) is 11.5. The summed E-state index contributed by atoms with van der Waals surface area (Å²) < 4.78 is 6.84. The van der Waals surface area contributed by atoms with Crippen LogP contribution in [-0.2, 0) is 9.59 Å². The van der Waals surface area contributed by atoms with Gasteiger partial charge in [-0.1, -0.05) is 34.9 Å². The number of carbonyl (C=O) groups is 2. The summed E-state index contributed by atoms with van der Waals surface area (Å²) in [5.41, 5.74) is 1.08. The van der Waals surface area contributed by atoms with Gasteiger partial charge in [0.1, 0.15) is 5.75 Å².